The summed E-state index contributed by atoms with van der Waals surface area (Å²) in [5.41, 5.74) is 12.4. The van der Waals surface area contributed by atoms with Gasteiger partial charge in [-0.2, -0.15) is 4.58 Å². The van der Waals surface area contributed by atoms with Gasteiger partial charge in [-0.3, -0.25) is 0 Å². The molecule has 7 rings (SSSR count). The first-order valence-electron chi connectivity index (χ1n) is 15.3. The van der Waals surface area contributed by atoms with Crippen LogP contribution in [0.15, 0.2) is 95.6 Å². The molecule has 0 bridgehead atoms. The molecule has 0 amide bonds. The lowest BCUT2D eigenvalue weighted by atomic mass is 9.87. The highest BCUT2D eigenvalue weighted by atomic mass is 15.0. The molecule has 0 saturated carbocycles. The molecule has 5 aromatic rings. The van der Waals surface area contributed by atoms with Crippen LogP contribution >= 0.6 is 0 Å². The van der Waals surface area contributed by atoms with Gasteiger partial charge in [0.2, 0.25) is 11.4 Å². The zero-order valence-corrected chi connectivity index (χ0v) is 25.0. The molecule has 2 aliphatic rings. The zero-order valence-electron chi connectivity index (χ0n) is 25.0. The van der Waals surface area contributed by atoms with Crippen molar-refractivity contribution < 1.29 is 4.58 Å². The van der Waals surface area contributed by atoms with E-state index in [1.807, 2.05) is 0 Å². The fraction of sp³-hybridized carbons (Fsp3) is 0.256. The molecule has 1 aliphatic heterocycles. The van der Waals surface area contributed by atoms with Gasteiger partial charge in [0.15, 0.2) is 0 Å². The molecular formula is C39H39N2+. The topological polar surface area (TPSA) is 7.94 Å². The molecule has 41 heavy (non-hydrogen) atoms. The van der Waals surface area contributed by atoms with Crippen LogP contribution in [0.5, 0.6) is 0 Å². The third-order valence-electron chi connectivity index (χ3n) is 9.42. The lowest BCUT2D eigenvalue weighted by Crippen LogP contribution is -2.15. The van der Waals surface area contributed by atoms with E-state index in [1.165, 1.54) is 89.0 Å². The quantitative estimate of drug-likeness (QED) is 0.198. The molecule has 0 saturated heterocycles. The third-order valence-corrected chi connectivity index (χ3v) is 9.42. The van der Waals surface area contributed by atoms with Gasteiger partial charge in [0.05, 0.1) is 10.9 Å². The summed E-state index contributed by atoms with van der Waals surface area (Å²) in [6, 6.07) is 22.7. The van der Waals surface area contributed by atoms with E-state index in [2.05, 4.69) is 129 Å². The summed E-state index contributed by atoms with van der Waals surface area (Å²) in [7, 11) is 0. The van der Waals surface area contributed by atoms with Crippen LogP contribution in [-0.2, 0) is 6.54 Å². The smallest absolute Gasteiger partial charge is 0.214 e. The highest BCUT2D eigenvalue weighted by Gasteiger charge is 2.30. The number of hydrogen-bond donors (Lipinski definition) is 0. The van der Waals surface area contributed by atoms with Crippen LogP contribution in [0.2, 0.25) is 0 Å². The maximum atomic E-state index is 2.49. The first kappa shape index (κ1) is 25.8. The fourth-order valence-electron chi connectivity index (χ4n) is 7.37. The molecule has 0 unspecified atom stereocenters. The van der Waals surface area contributed by atoms with Gasteiger partial charge >= 0.3 is 0 Å². The maximum Gasteiger partial charge on any atom is 0.214 e. The minimum Gasteiger partial charge on any atom is -0.341 e. The monoisotopic (exact) mass is 535 g/mol. The summed E-state index contributed by atoms with van der Waals surface area (Å²) in [5.74, 6) is 0. The number of hydrogen-bond acceptors (Lipinski definition) is 0. The minimum atomic E-state index is 0.964. The van der Waals surface area contributed by atoms with Crippen LogP contribution in [-0.4, -0.2) is 21.4 Å². The zero-order chi connectivity index (χ0) is 28.2. The molecule has 2 heteroatoms. The van der Waals surface area contributed by atoms with E-state index in [1.54, 1.807) is 0 Å². The van der Waals surface area contributed by atoms with Gasteiger partial charge < -0.3 is 4.57 Å². The number of nitrogens with zero attached hydrogens (tertiary/aromatic N) is 2. The Morgan fingerprint density at radius 1 is 0.829 bits per heavy atom. The van der Waals surface area contributed by atoms with Gasteiger partial charge in [0.25, 0.3) is 0 Å². The lowest BCUT2D eigenvalue weighted by molar-refractivity contribution is -0.430. The number of aromatic nitrogens is 1. The molecule has 2 heterocycles. The van der Waals surface area contributed by atoms with Crippen molar-refractivity contribution in [2.45, 2.75) is 60.4 Å². The van der Waals surface area contributed by atoms with Crippen molar-refractivity contribution >= 4 is 49.9 Å². The Morgan fingerprint density at radius 2 is 1.66 bits per heavy atom. The lowest BCUT2D eigenvalue weighted by Gasteiger charge is -2.18. The predicted octanol–water partition coefficient (Wildman–Crippen LogP) is 9.23. The molecule has 0 N–H and O–H groups in total. The van der Waals surface area contributed by atoms with E-state index in [9.17, 15) is 0 Å². The van der Waals surface area contributed by atoms with Crippen molar-refractivity contribution in [3.63, 3.8) is 0 Å². The molecular weight excluding hydrogens is 496 g/mol. The fourth-order valence-corrected chi connectivity index (χ4v) is 7.37. The predicted molar refractivity (Wildman–Crippen MR) is 177 cm³/mol. The Labute approximate surface area is 243 Å². The van der Waals surface area contributed by atoms with E-state index < -0.39 is 0 Å². The van der Waals surface area contributed by atoms with Gasteiger partial charge in [-0.15, -0.1) is 0 Å². The van der Waals surface area contributed by atoms with E-state index in [-0.39, 0.29) is 0 Å². The van der Waals surface area contributed by atoms with Crippen LogP contribution < -0.4 is 5.35 Å². The van der Waals surface area contributed by atoms with E-state index in [0.29, 0.717) is 0 Å². The molecule has 0 fully saturated rings. The Morgan fingerprint density at radius 3 is 2.49 bits per heavy atom. The second-order valence-corrected chi connectivity index (χ2v) is 11.8. The molecule has 1 aliphatic carbocycles. The third kappa shape index (κ3) is 4.03. The van der Waals surface area contributed by atoms with E-state index in [0.717, 1.165) is 25.9 Å². The average molecular weight is 536 g/mol. The van der Waals surface area contributed by atoms with Gasteiger partial charge in [-0.05, 0) is 111 Å². The second kappa shape index (κ2) is 10.0. The summed E-state index contributed by atoms with van der Waals surface area (Å²) >= 11 is 0. The van der Waals surface area contributed by atoms with Crippen molar-refractivity contribution in [1.29, 1.82) is 0 Å². The van der Waals surface area contributed by atoms with Crippen molar-refractivity contribution in [2.24, 2.45) is 0 Å². The molecule has 2 nitrogen and oxygen atoms in total. The summed E-state index contributed by atoms with van der Waals surface area (Å²) in [5, 5.41) is 8.18. The van der Waals surface area contributed by atoms with Crippen molar-refractivity contribution in [3.05, 3.63) is 118 Å². The van der Waals surface area contributed by atoms with Crippen LogP contribution in [0.3, 0.4) is 0 Å². The number of allylic oxidation sites excluding steroid dienone is 6. The Kier molecular flexibility index (Phi) is 6.31. The molecule has 0 spiro atoms. The Bertz CT molecular complexity index is 2060. The molecule has 0 radical (unpaired) electrons. The van der Waals surface area contributed by atoms with Gasteiger partial charge in [-0.25, -0.2) is 0 Å². The van der Waals surface area contributed by atoms with Crippen molar-refractivity contribution in [3.8, 4) is 0 Å². The maximum absolute atomic E-state index is 2.49. The van der Waals surface area contributed by atoms with Crippen LogP contribution in [0, 0.1) is 13.8 Å². The number of benzene rings is 4. The minimum absolute atomic E-state index is 0.964. The molecule has 1 aromatic heterocycles. The normalized spacial score (nSPS) is 17.2. The summed E-state index contributed by atoms with van der Waals surface area (Å²) in [4.78, 5) is 0. The molecule has 0 atom stereocenters. The first-order valence-corrected chi connectivity index (χ1v) is 15.3. The largest absolute Gasteiger partial charge is 0.341 e. The van der Waals surface area contributed by atoms with Gasteiger partial charge in [0.1, 0.15) is 6.54 Å². The average Bonchev–Trinajstić information content (AvgIpc) is 3.46. The summed E-state index contributed by atoms with van der Waals surface area (Å²) < 4.78 is 4.97. The van der Waals surface area contributed by atoms with Crippen LogP contribution in [0.1, 0.15) is 56.7 Å². The second-order valence-electron chi connectivity index (χ2n) is 11.8. The van der Waals surface area contributed by atoms with E-state index in [4.69, 9.17) is 0 Å². The van der Waals surface area contributed by atoms with Crippen LogP contribution in [0.4, 0.5) is 5.69 Å². The van der Waals surface area contributed by atoms with Gasteiger partial charge in [-0.1, -0.05) is 54.6 Å². The molecule has 4 aromatic carbocycles. The van der Waals surface area contributed by atoms with E-state index >= 15 is 0 Å². The SMILES string of the molecule is CCn1c(=CC=C2CCCC(C=CC3=[N+](CC)c4ccc(C)c5cccc3c45)=C2C)c2cccc3cc(C)cc1c32. The summed E-state index contributed by atoms with van der Waals surface area (Å²) in [6.07, 6.45) is 13.0. The summed E-state index contributed by atoms with van der Waals surface area (Å²) in [6.45, 7) is 13.2. The molecule has 204 valence electrons. The Balaban J connectivity index is 1.30. The van der Waals surface area contributed by atoms with Crippen molar-refractivity contribution in [2.75, 3.05) is 6.54 Å². The number of aryl methyl sites for hydroxylation is 3. The van der Waals surface area contributed by atoms with Crippen LogP contribution in [0.25, 0.3) is 38.5 Å². The highest BCUT2D eigenvalue weighted by molar-refractivity contribution is 6.20. The van der Waals surface area contributed by atoms with Crippen molar-refractivity contribution in [1.82, 2.24) is 4.57 Å². The number of rotatable bonds is 5. The van der Waals surface area contributed by atoms with Gasteiger partial charge in [0, 0.05) is 40.3 Å². The highest BCUT2D eigenvalue weighted by Crippen LogP contribution is 2.38. The first-order chi connectivity index (χ1) is 20.0. The Hall–Kier alpha value is -4.17. The standard InChI is InChI=1S/C39H39N2/c1-6-40-35(33-16-10-14-31-26(4)17-20-36(40)39(31)33)22-19-29-12-8-11-28(27(29)5)18-21-34-32-15-9-13-30-23-25(3)24-37(38(30)32)41(34)7-2/h9-10,13-24H,6-8,11-12H2,1-5H3/q+1.